The average molecular weight is 478 g/mol. The lowest BCUT2D eigenvalue weighted by Gasteiger charge is -2.40. The molecule has 186 valence electrons. The van der Waals surface area contributed by atoms with Crippen LogP contribution in [0.5, 0.6) is 11.5 Å². The second kappa shape index (κ2) is 11.4. The number of nitrogens with zero attached hydrogens (tertiary/aromatic N) is 3. The van der Waals surface area contributed by atoms with Gasteiger partial charge in [0.05, 0.1) is 24.8 Å². The summed E-state index contributed by atoms with van der Waals surface area (Å²) < 4.78 is 12.6. The maximum atomic E-state index is 13.7. The molecule has 1 N–H and O–H groups in total. The highest BCUT2D eigenvalue weighted by atomic mass is 16.5. The molecule has 4 rings (SSSR count). The van der Waals surface area contributed by atoms with Crippen LogP contribution in [0, 0.1) is 6.92 Å². The van der Waals surface area contributed by atoms with Gasteiger partial charge in [-0.05, 0) is 49.7 Å². The number of anilines is 1. The fraction of sp³-hybridized carbons (Fsp3) is 0.393. The summed E-state index contributed by atoms with van der Waals surface area (Å²) in [5, 5.41) is 11.0. The van der Waals surface area contributed by atoms with Crippen LogP contribution in [0.25, 0.3) is 0 Å². The monoisotopic (exact) mass is 477 g/mol. The molecule has 7 nitrogen and oxygen atoms in total. The number of para-hydroxylation sites is 1. The number of piperazine rings is 1. The molecule has 0 radical (unpaired) electrons. The second-order valence-corrected chi connectivity index (χ2v) is 8.80. The van der Waals surface area contributed by atoms with Crippen LogP contribution < -0.4 is 15.2 Å². The van der Waals surface area contributed by atoms with E-state index in [0.29, 0.717) is 31.0 Å². The minimum atomic E-state index is -0.370. The number of rotatable bonds is 9. The van der Waals surface area contributed by atoms with Crippen LogP contribution in [0.3, 0.4) is 0 Å². The van der Waals surface area contributed by atoms with E-state index in [1.807, 2.05) is 44.2 Å². The highest BCUT2D eigenvalue weighted by Gasteiger charge is 2.31. The lowest BCUT2D eigenvalue weighted by Crippen LogP contribution is -2.49. The van der Waals surface area contributed by atoms with Crippen molar-refractivity contribution in [2.24, 2.45) is 0 Å². The molecule has 7 heteroatoms. The van der Waals surface area contributed by atoms with Crippen molar-refractivity contribution in [3.63, 3.8) is 0 Å². The standard InChI is InChI=1S/C28H35N3O4/c1-4-35-24-12-10-22(11-13-24)27(26-25(32)20-21(2)31(28(26)33)18-19-34-3)30-16-14-29(15-17-30)23-8-6-5-7-9-23/h5-13,20,27,32H,4,14-19H2,1-3H3/t27-/m0/s1. The number of benzene rings is 2. The van der Waals surface area contributed by atoms with Crippen LogP contribution in [-0.2, 0) is 11.3 Å². The van der Waals surface area contributed by atoms with Crippen molar-refractivity contribution >= 4 is 5.69 Å². The number of aryl methyl sites for hydroxylation is 1. The molecule has 3 aromatic rings. The third-order valence-corrected chi connectivity index (χ3v) is 6.62. The Morgan fingerprint density at radius 3 is 2.31 bits per heavy atom. The SMILES string of the molecule is CCOc1ccc([C@@H](c2c(O)cc(C)n(CCOC)c2=O)N2CCN(c3ccccc3)CC2)cc1. The van der Waals surface area contributed by atoms with Crippen LogP contribution in [0.15, 0.2) is 65.5 Å². The topological polar surface area (TPSA) is 67.2 Å². The molecule has 0 spiro atoms. The molecule has 2 aromatic carbocycles. The molecule has 2 heterocycles. The predicted molar refractivity (Wildman–Crippen MR) is 139 cm³/mol. The lowest BCUT2D eigenvalue weighted by atomic mass is 9.95. The third-order valence-electron chi connectivity index (χ3n) is 6.62. The van der Waals surface area contributed by atoms with Crippen molar-refractivity contribution in [1.29, 1.82) is 0 Å². The molecule has 0 aliphatic carbocycles. The highest BCUT2D eigenvalue weighted by Crippen LogP contribution is 2.34. The average Bonchev–Trinajstić information content (AvgIpc) is 2.88. The molecule has 35 heavy (non-hydrogen) atoms. The normalized spacial score (nSPS) is 15.2. The Morgan fingerprint density at radius 2 is 1.69 bits per heavy atom. The minimum Gasteiger partial charge on any atom is -0.507 e. The minimum absolute atomic E-state index is 0.0329. The summed E-state index contributed by atoms with van der Waals surface area (Å²) in [4.78, 5) is 18.4. The summed E-state index contributed by atoms with van der Waals surface area (Å²) in [5.41, 5.74) is 3.10. The van der Waals surface area contributed by atoms with Gasteiger partial charge in [-0.25, -0.2) is 0 Å². The Labute approximate surface area is 207 Å². The number of pyridine rings is 1. The van der Waals surface area contributed by atoms with E-state index in [1.54, 1.807) is 17.7 Å². The smallest absolute Gasteiger partial charge is 0.259 e. The van der Waals surface area contributed by atoms with Gasteiger partial charge < -0.3 is 24.0 Å². The first-order chi connectivity index (χ1) is 17.0. The zero-order valence-electron chi connectivity index (χ0n) is 20.8. The predicted octanol–water partition coefficient (Wildman–Crippen LogP) is 3.82. The van der Waals surface area contributed by atoms with E-state index in [4.69, 9.17) is 9.47 Å². The molecular formula is C28H35N3O4. The van der Waals surface area contributed by atoms with E-state index < -0.39 is 0 Å². The molecule has 1 aromatic heterocycles. The second-order valence-electron chi connectivity index (χ2n) is 8.80. The summed E-state index contributed by atoms with van der Waals surface area (Å²) in [6.45, 7) is 8.44. The van der Waals surface area contributed by atoms with Crippen LogP contribution in [0.1, 0.15) is 29.8 Å². The van der Waals surface area contributed by atoms with Gasteiger partial charge in [0.1, 0.15) is 11.5 Å². The number of methoxy groups -OCH3 is 1. The Bertz CT molecular complexity index is 1150. The van der Waals surface area contributed by atoms with Gasteiger partial charge in [0.25, 0.3) is 5.56 Å². The Morgan fingerprint density at radius 1 is 1.00 bits per heavy atom. The first-order valence-corrected chi connectivity index (χ1v) is 12.2. The lowest BCUT2D eigenvalue weighted by molar-refractivity contribution is 0.183. The van der Waals surface area contributed by atoms with Gasteiger partial charge in [0, 0.05) is 51.2 Å². The zero-order valence-corrected chi connectivity index (χ0v) is 20.8. The van der Waals surface area contributed by atoms with Gasteiger partial charge in [-0.15, -0.1) is 0 Å². The number of aromatic hydroxyl groups is 1. The molecule has 1 aliphatic heterocycles. The van der Waals surface area contributed by atoms with E-state index in [2.05, 4.69) is 34.1 Å². The van der Waals surface area contributed by atoms with Gasteiger partial charge in [-0.1, -0.05) is 30.3 Å². The molecular weight excluding hydrogens is 442 g/mol. The fourth-order valence-electron chi connectivity index (χ4n) is 4.84. The van der Waals surface area contributed by atoms with E-state index in [-0.39, 0.29) is 17.4 Å². The molecule has 0 bridgehead atoms. The van der Waals surface area contributed by atoms with Crippen molar-refractivity contribution in [2.45, 2.75) is 26.4 Å². The molecule has 1 fully saturated rings. The van der Waals surface area contributed by atoms with Crippen LogP contribution in [0.4, 0.5) is 5.69 Å². The molecule has 0 unspecified atom stereocenters. The van der Waals surface area contributed by atoms with Crippen molar-refractivity contribution in [3.05, 3.63) is 87.8 Å². The maximum Gasteiger partial charge on any atom is 0.259 e. The summed E-state index contributed by atoms with van der Waals surface area (Å²) in [7, 11) is 1.62. The quantitative estimate of drug-likeness (QED) is 0.506. The first-order valence-electron chi connectivity index (χ1n) is 12.2. The van der Waals surface area contributed by atoms with Gasteiger partial charge in [0.2, 0.25) is 0 Å². The van der Waals surface area contributed by atoms with E-state index in [9.17, 15) is 9.90 Å². The maximum absolute atomic E-state index is 13.7. The molecule has 1 atom stereocenters. The van der Waals surface area contributed by atoms with Crippen LogP contribution >= 0.6 is 0 Å². The van der Waals surface area contributed by atoms with Gasteiger partial charge in [-0.3, -0.25) is 9.69 Å². The summed E-state index contributed by atoms with van der Waals surface area (Å²) in [5.74, 6) is 0.820. The number of hydrogen-bond acceptors (Lipinski definition) is 6. The number of ether oxygens (including phenoxy) is 2. The van der Waals surface area contributed by atoms with Crippen LogP contribution in [-0.4, -0.2) is 61.1 Å². The summed E-state index contributed by atoms with van der Waals surface area (Å²) >= 11 is 0. The van der Waals surface area contributed by atoms with Gasteiger partial charge in [-0.2, -0.15) is 0 Å². The third kappa shape index (κ3) is 5.52. The van der Waals surface area contributed by atoms with Gasteiger partial charge >= 0.3 is 0 Å². The summed E-state index contributed by atoms with van der Waals surface area (Å²) in [6.07, 6.45) is 0. The molecule has 1 saturated heterocycles. The molecule has 1 aliphatic rings. The number of aromatic nitrogens is 1. The van der Waals surface area contributed by atoms with Crippen molar-refractivity contribution in [1.82, 2.24) is 9.47 Å². The Balaban J connectivity index is 1.71. The van der Waals surface area contributed by atoms with Gasteiger partial charge in [0.15, 0.2) is 0 Å². The van der Waals surface area contributed by atoms with E-state index >= 15 is 0 Å². The van der Waals surface area contributed by atoms with Crippen molar-refractivity contribution in [2.75, 3.05) is 51.4 Å². The van der Waals surface area contributed by atoms with E-state index in [0.717, 1.165) is 37.5 Å². The number of hydrogen-bond donors (Lipinski definition) is 1. The van der Waals surface area contributed by atoms with Crippen LogP contribution in [0.2, 0.25) is 0 Å². The van der Waals surface area contributed by atoms with E-state index in [1.165, 1.54) is 5.69 Å². The molecule has 0 saturated carbocycles. The fourth-order valence-corrected chi connectivity index (χ4v) is 4.84. The Hall–Kier alpha value is -3.29. The Kier molecular flexibility index (Phi) is 8.10. The van der Waals surface area contributed by atoms with Crippen molar-refractivity contribution < 1.29 is 14.6 Å². The highest BCUT2D eigenvalue weighted by molar-refractivity contribution is 5.47. The zero-order chi connectivity index (χ0) is 24.8. The molecule has 0 amide bonds. The first kappa shape index (κ1) is 24.8. The summed E-state index contributed by atoms with van der Waals surface area (Å²) in [6, 6.07) is 19.6. The largest absolute Gasteiger partial charge is 0.507 e. The van der Waals surface area contributed by atoms with Crippen molar-refractivity contribution in [3.8, 4) is 11.5 Å².